The predicted molar refractivity (Wildman–Crippen MR) is 106 cm³/mol. The Morgan fingerprint density at radius 3 is 2.57 bits per heavy atom. The summed E-state index contributed by atoms with van der Waals surface area (Å²) in [4.78, 5) is 12.4. The van der Waals surface area contributed by atoms with E-state index in [0.717, 1.165) is 0 Å². The molecule has 0 saturated carbocycles. The molecule has 0 atom stereocenters. The Labute approximate surface area is 164 Å². The van der Waals surface area contributed by atoms with Crippen molar-refractivity contribution >= 4 is 22.1 Å². The van der Waals surface area contributed by atoms with Gasteiger partial charge in [-0.05, 0) is 36.4 Å². The molecule has 2 rings (SSSR count). The highest BCUT2D eigenvalue weighted by Gasteiger charge is 2.22. The molecule has 0 aliphatic heterocycles. The molecule has 0 bridgehead atoms. The van der Waals surface area contributed by atoms with Crippen LogP contribution in [-0.2, 0) is 10.0 Å². The standard InChI is InChI=1S/C19H23N3O5S/c1-4-22(5-2)28(25,26)17-8-6-7-14(12-17)19(24)21-20-13-15-11-16(27-3)9-10-18(15)23/h6-13,23H,4-5H2,1-3H3,(H,21,24)/b20-13+. The normalized spacial score (nSPS) is 11.7. The Bertz CT molecular complexity index is 969. The monoisotopic (exact) mass is 405 g/mol. The maximum atomic E-state index is 12.6. The molecule has 28 heavy (non-hydrogen) atoms. The van der Waals surface area contributed by atoms with E-state index in [4.69, 9.17) is 4.74 Å². The zero-order valence-corrected chi connectivity index (χ0v) is 16.7. The smallest absolute Gasteiger partial charge is 0.271 e. The van der Waals surface area contributed by atoms with Crippen LogP contribution in [0, 0.1) is 0 Å². The molecule has 0 aromatic heterocycles. The van der Waals surface area contributed by atoms with Crippen molar-refractivity contribution in [3.8, 4) is 11.5 Å². The summed E-state index contributed by atoms with van der Waals surface area (Å²) in [6, 6.07) is 10.3. The van der Waals surface area contributed by atoms with Crippen LogP contribution in [0.1, 0.15) is 29.8 Å². The molecule has 0 radical (unpaired) electrons. The largest absolute Gasteiger partial charge is 0.507 e. The molecule has 2 N–H and O–H groups in total. The summed E-state index contributed by atoms with van der Waals surface area (Å²) in [5.74, 6) is -0.0683. The molecule has 9 heteroatoms. The summed E-state index contributed by atoms with van der Waals surface area (Å²) in [5, 5.41) is 13.6. The molecule has 0 fully saturated rings. The minimum absolute atomic E-state index is 0.0221. The maximum Gasteiger partial charge on any atom is 0.271 e. The number of benzene rings is 2. The number of hydrogen-bond donors (Lipinski definition) is 2. The highest BCUT2D eigenvalue weighted by molar-refractivity contribution is 7.89. The molecule has 1 amide bonds. The summed E-state index contributed by atoms with van der Waals surface area (Å²) in [5.41, 5.74) is 2.83. The van der Waals surface area contributed by atoms with Crippen LogP contribution in [0.3, 0.4) is 0 Å². The lowest BCUT2D eigenvalue weighted by Gasteiger charge is -2.18. The van der Waals surface area contributed by atoms with Gasteiger partial charge in [-0.15, -0.1) is 0 Å². The fraction of sp³-hybridized carbons (Fsp3) is 0.263. The van der Waals surface area contributed by atoms with Gasteiger partial charge < -0.3 is 9.84 Å². The number of carbonyl (C=O) groups excluding carboxylic acids is 1. The molecule has 0 saturated heterocycles. The Balaban J connectivity index is 2.18. The summed E-state index contributed by atoms with van der Waals surface area (Å²) in [6.07, 6.45) is 1.27. The number of phenols is 1. The molecule has 0 heterocycles. The van der Waals surface area contributed by atoms with Gasteiger partial charge in [-0.1, -0.05) is 19.9 Å². The minimum atomic E-state index is -3.67. The zero-order valence-electron chi connectivity index (χ0n) is 15.9. The number of hydrazone groups is 1. The molecule has 2 aromatic carbocycles. The number of methoxy groups -OCH3 is 1. The van der Waals surface area contributed by atoms with Crippen molar-refractivity contribution in [2.75, 3.05) is 20.2 Å². The van der Waals surface area contributed by atoms with Crippen LogP contribution >= 0.6 is 0 Å². The molecule has 150 valence electrons. The molecule has 0 spiro atoms. The van der Waals surface area contributed by atoms with Crippen molar-refractivity contribution in [1.82, 2.24) is 9.73 Å². The number of sulfonamides is 1. The molecule has 8 nitrogen and oxygen atoms in total. The first-order valence-corrected chi connectivity index (χ1v) is 10.1. The van der Waals surface area contributed by atoms with Crippen molar-refractivity contribution in [2.24, 2.45) is 5.10 Å². The second-order valence-electron chi connectivity index (χ2n) is 5.74. The third-order valence-electron chi connectivity index (χ3n) is 4.04. The van der Waals surface area contributed by atoms with E-state index in [9.17, 15) is 18.3 Å². The molecule has 0 aliphatic rings. The zero-order chi connectivity index (χ0) is 20.7. The first-order valence-electron chi connectivity index (χ1n) is 8.64. The highest BCUT2D eigenvalue weighted by atomic mass is 32.2. The number of ether oxygens (including phenoxy) is 1. The van der Waals surface area contributed by atoms with Crippen molar-refractivity contribution in [3.63, 3.8) is 0 Å². The predicted octanol–water partition coefficient (Wildman–Crippen LogP) is 2.20. The number of amides is 1. The number of aromatic hydroxyl groups is 1. The van der Waals surface area contributed by atoms with Crippen LogP contribution in [0.15, 0.2) is 52.5 Å². The van der Waals surface area contributed by atoms with Crippen LogP contribution in [0.2, 0.25) is 0 Å². The van der Waals surface area contributed by atoms with E-state index in [-0.39, 0.29) is 16.2 Å². The number of phenolic OH excluding ortho intramolecular Hbond substituents is 1. The van der Waals surface area contributed by atoms with Gasteiger partial charge in [0.05, 0.1) is 18.2 Å². The van der Waals surface area contributed by atoms with Crippen molar-refractivity contribution in [3.05, 3.63) is 53.6 Å². The van der Waals surface area contributed by atoms with Crippen LogP contribution < -0.4 is 10.2 Å². The Morgan fingerprint density at radius 2 is 1.93 bits per heavy atom. The van der Waals surface area contributed by atoms with E-state index < -0.39 is 15.9 Å². The summed E-state index contributed by atoms with van der Waals surface area (Å²) in [7, 11) is -2.17. The number of hydrogen-bond acceptors (Lipinski definition) is 6. The second-order valence-corrected chi connectivity index (χ2v) is 7.68. The van der Waals surface area contributed by atoms with Gasteiger partial charge in [-0.2, -0.15) is 9.41 Å². The first kappa shape index (κ1) is 21.4. The van der Waals surface area contributed by atoms with E-state index in [1.165, 1.54) is 48.0 Å². The summed E-state index contributed by atoms with van der Waals surface area (Å²) < 4.78 is 31.6. The first-order chi connectivity index (χ1) is 13.3. The van der Waals surface area contributed by atoms with Gasteiger partial charge in [0, 0.05) is 24.2 Å². The van der Waals surface area contributed by atoms with Gasteiger partial charge in [0.15, 0.2) is 0 Å². The Hall–Kier alpha value is -2.91. The Morgan fingerprint density at radius 1 is 1.21 bits per heavy atom. The molecular formula is C19H23N3O5S. The highest BCUT2D eigenvalue weighted by Crippen LogP contribution is 2.21. The maximum absolute atomic E-state index is 12.6. The van der Waals surface area contributed by atoms with Crippen molar-refractivity contribution < 1.29 is 23.1 Å². The third-order valence-corrected chi connectivity index (χ3v) is 6.09. The topological polar surface area (TPSA) is 108 Å². The van der Waals surface area contributed by atoms with E-state index in [1.807, 2.05) is 0 Å². The van der Waals surface area contributed by atoms with Gasteiger partial charge in [0.25, 0.3) is 5.91 Å². The number of nitrogens with one attached hydrogen (secondary N) is 1. The van der Waals surface area contributed by atoms with Gasteiger partial charge in [-0.25, -0.2) is 13.8 Å². The Kier molecular flexibility index (Phi) is 7.13. The van der Waals surface area contributed by atoms with Gasteiger partial charge in [-0.3, -0.25) is 4.79 Å². The average molecular weight is 405 g/mol. The second kappa shape index (κ2) is 9.34. The van der Waals surface area contributed by atoms with E-state index in [0.29, 0.717) is 24.4 Å². The molecule has 2 aromatic rings. The fourth-order valence-corrected chi connectivity index (χ4v) is 4.00. The molecule has 0 aliphatic carbocycles. The van der Waals surface area contributed by atoms with Gasteiger partial charge in [0.1, 0.15) is 11.5 Å². The van der Waals surface area contributed by atoms with Gasteiger partial charge >= 0.3 is 0 Å². The SMILES string of the molecule is CCN(CC)S(=O)(=O)c1cccc(C(=O)N/N=C/c2cc(OC)ccc2O)c1. The lowest BCUT2D eigenvalue weighted by Crippen LogP contribution is -2.30. The third kappa shape index (κ3) is 4.87. The number of nitrogens with zero attached hydrogens (tertiary/aromatic N) is 2. The average Bonchev–Trinajstić information content (AvgIpc) is 2.70. The van der Waals surface area contributed by atoms with E-state index in [2.05, 4.69) is 10.5 Å². The molecule has 0 unspecified atom stereocenters. The summed E-state index contributed by atoms with van der Waals surface area (Å²) in [6.45, 7) is 4.17. The van der Waals surface area contributed by atoms with Crippen molar-refractivity contribution in [2.45, 2.75) is 18.7 Å². The minimum Gasteiger partial charge on any atom is -0.507 e. The van der Waals surface area contributed by atoms with Gasteiger partial charge in [0.2, 0.25) is 10.0 Å². The van der Waals surface area contributed by atoms with Crippen LogP contribution in [0.4, 0.5) is 0 Å². The summed E-state index contributed by atoms with van der Waals surface area (Å²) >= 11 is 0. The van der Waals surface area contributed by atoms with Crippen LogP contribution in [0.25, 0.3) is 0 Å². The van der Waals surface area contributed by atoms with Crippen LogP contribution in [0.5, 0.6) is 11.5 Å². The quantitative estimate of drug-likeness (QED) is 0.517. The number of rotatable bonds is 8. The van der Waals surface area contributed by atoms with Crippen LogP contribution in [-0.4, -0.2) is 50.2 Å². The lowest BCUT2D eigenvalue weighted by molar-refractivity contribution is 0.0955. The van der Waals surface area contributed by atoms with E-state index >= 15 is 0 Å². The number of carbonyl (C=O) groups is 1. The lowest BCUT2D eigenvalue weighted by atomic mass is 10.2. The fourth-order valence-electron chi connectivity index (χ4n) is 2.50. The molecular weight excluding hydrogens is 382 g/mol. The van der Waals surface area contributed by atoms with Crippen molar-refractivity contribution in [1.29, 1.82) is 0 Å². The van der Waals surface area contributed by atoms with E-state index in [1.54, 1.807) is 26.0 Å².